The molecule has 0 saturated carbocycles. The monoisotopic (exact) mass is 798 g/mol. The van der Waals surface area contributed by atoms with Gasteiger partial charge < -0.3 is 34.3 Å². The van der Waals surface area contributed by atoms with Gasteiger partial charge in [0.05, 0.1) is 76.2 Å². The zero-order chi connectivity index (χ0) is 40.9. The second-order valence-corrected chi connectivity index (χ2v) is 13.0. The van der Waals surface area contributed by atoms with Crippen LogP contribution in [0.25, 0.3) is 16.9 Å². The summed E-state index contributed by atoms with van der Waals surface area (Å²) < 4.78 is 29.0. The van der Waals surface area contributed by atoms with Crippen LogP contribution < -0.4 is 26.2 Å². The highest BCUT2D eigenvalue weighted by atomic mass is 16.6. The maximum absolute atomic E-state index is 13.2. The van der Waals surface area contributed by atoms with E-state index >= 15 is 0 Å². The van der Waals surface area contributed by atoms with E-state index in [1.807, 2.05) is 6.07 Å². The van der Waals surface area contributed by atoms with Crippen molar-refractivity contribution in [2.45, 2.75) is 25.3 Å². The van der Waals surface area contributed by atoms with Crippen molar-refractivity contribution < 1.29 is 47.7 Å². The molecule has 1 fully saturated rings. The Kier molecular flexibility index (Phi) is 14.3. The molecule has 1 saturated heterocycles. The molecule has 4 heterocycles. The average molecular weight is 799 g/mol. The Labute approximate surface area is 331 Å². The molecule has 19 nitrogen and oxygen atoms in total. The second-order valence-electron chi connectivity index (χ2n) is 13.0. The second kappa shape index (κ2) is 20.1. The number of rotatable bonds is 22. The van der Waals surface area contributed by atoms with Gasteiger partial charge in [-0.05, 0) is 42.8 Å². The van der Waals surface area contributed by atoms with Crippen LogP contribution >= 0.6 is 0 Å². The van der Waals surface area contributed by atoms with Crippen molar-refractivity contribution in [3.05, 3.63) is 81.8 Å². The minimum Gasteiger partial charge on any atom is -0.492 e. The van der Waals surface area contributed by atoms with Gasteiger partial charge in [0.15, 0.2) is 5.65 Å². The van der Waals surface area contributed by atoms with Crippen LogP contribution in [0.4, 0.5) is 5.69 Å². The number of hydrogen-bond donors (Lipinski definition) is 4. The summed E-state index contributed by atoms with van der Waals surface area (Å²) in [6.07, 6.45) is 1.76. The summed E-state index contributed by atoms with van der Waals surface area (Å²) in [5, 5.41) is 20.0. The number of carbonyl (C=O) groups excluding carboxylic acids is 5. The molecular formula is C39H42N8O11. The molecule has 1 unspecified atom stereocenters. The van der Waals surface area contributed by atoms with Gasteiger partial charge in [0.1, 0.15) is 30.0 Å². The van der Waals surface area contributed by atoms with Crippen LogP contribution in [0.3, 0.4) is 0 Å². The lowest BCUT2D eigenvalue weighted by atomic mass is 10.0. The van der Waals surface area contributed by atoms with Crippen molar-refractivity contribution >= 4 is 40.9 Å². The van der Waals surface area contributed by atoms with E-state index in [1.165, 1.54) is 22.8 Å². The predicted molar refractivity (Wildman–Crippen MR) is 204 cm³/mol. The van der Waals surface area contributed by atoms with Gasteiger partial charge in [-0.2, -0.15) is 5.26 Å². The summed E-state index contributed by atoms with van der Waals surface area (Å²) in [5.41, 5.74) is 2.17. The number of amides is 5. The van der Waals surface area contributed by atoms with Gasteiger partial charge in [-0.3, -0.25) is 44.1 Å². The Balaban J connectivity index is 0.739. The molecule has 304 valence electrons. The van der Waals surface area contributed by atoms with Gasteiger partial charge >= 0.3 is 0 Å². The van der Waals surface area contributed by atoms with Crippen LogP contribution in [0.2, 0.25) is 0 Å². The molecule has 1 atom stereocenters. The average Bonchev–Trinajstić information content (AvgIpc) is 3.76. The number of ether oxygens (including phenoxy) is 5. The Hall–Kier alpha value is -6.46. The smallest absolute Gasteiger partial charge is 0.273 e. The molecule has 0 aliphatic carbocycles. The first kappa shape index (κ1) is 41.2. The molecule has 5 amide bonds. The number of anilines is 1. The van der Waals surface area contributed by atoms with Gasteiger partial charge in [0.25, 0.3) is 17.4 Å². The number of nitrogens with one attached hydrogen (secondary N) is 4. The van der Waals surface area contributed by atoms with Crippen LogP contribution in [-0.4, -0.2) is 128 Å². The number of carbonyl (C=O) groups is 5. The topological polar surface area (TPSA) is 245 Å². The molecule has 4 aromatic rings. The molecule has 58 heavy (non-hydrogen) atoms. The van der Waals surface area contributed by atoms with Crippen molar-refractivity contribution in [3.8, 4) is 23.1 Å². The number of fused-ring (bicyclic) bond motifs is 2. The fourth-order valence-electron chi connectivity index (χ4n) is 6.23. The molecule has 2 aromatic heterocycles. The number of hydrogen-bond acceptors (Lipinski definition) is 14. The number of nitriles is 1. The molecule has 4 N–H and O–H groups in total. The SMILES string of the molecule is N#Cc1c[nH]n2c(=O)cc(-c3ccc(OCCNC(=O)CCOCCOCCOCCOCCNc4cccc5c4C(=O)N(C4CCC(=O)NC4=O)C5=O)cc3)nc12. The van der Waals surface area contributed by atoms with Gasteiger partial charge in [-0.15, -0.1) is 0 Å². The Morgan fingerprint density at radius 3 is 2.28 bits per heavy atom. The third-order valence-electron chi connectivity index (χ3n) is 9.08. The van der Waals surface area contributed by atoms with Crippen molar-refractivity contribution in [1.82, 2.24) is 30.1 Å². The van der Waals surface area contributed by atoms with Crippen molar-refractivity contribution in [2.75, 3.05) is 77.9 Å². The molecule has 0 spiro atoms. The highest BCUT2D eigenvalue weighted by Gasteiger charge is 2.45. The largest absolute Gasteiger partial charge is 0.492 e. The van der Waals surface area contributed by atoms with E-state index in [2.05, 4.69) is 26.0 Å². The zero-order valence-corrected chi connectivity index (χ0v) is 31.5. The number of aromatic amines is 1. The lowest BCUT2D eigenvalue weighted by molar-refractivity contribution is -0.136. The number of aromatic nitrogens is 3. The van der Waals surface area contributed by atoms with Crippen LogP contribution in [0, 0.1) is 11.3 Å². The number of H-pyrrole nitrogens is 1. The molecule has 6 rings (SSSR count). The number of nitrogens with zero attached hydrogens (tertiary/aromatic N) is 4. The van der Waals surface area contributed by atoms with Crippen LogP contribution in [0.5, 0.6) is 5.75 Å². The lowest BCUT2D eigenvalue weighted by Crippen LogP contribution is -2.54. The number of imide groups is 2. The molecule has 2 aromatic carbocycles. The minimum atomic E-state index is -1.03. The Morgan fingerprint density at radius 2 is 1.57 bits per heavy atom. The van der Waals surface area contributed by atoms with E-state index in [0.29, 0.717) is 82.0 Å². The Morgan fingerprint density at radius 1 is 0.862 bits per heavy atom. The first-order valence-electron chi connectivity index (χ1n) is 18.7. The first-order valence-corrected chi connectivity index (χ1v) is 18.7. The third-order valence-corrected chi connectivity index (χ3v) is 9.08. The van der Waals surface area contributed by atoms with Crippen LogP contribution in [-0.2, 0) is 33.3 Å². The molecule has 0 bridgehead atoms. The summed E-state index contributed by atoms with van der Waals surface area (Å²) in [6, 6.07) is 14.2. The normalized spacial score (nSPS) is 15.0. The molecule has 19 heteroatoms. The van der Waals surface area contributed by atoms with E-state index < -0.39 is 29.7 Å². The summed E-state index contributed by atoms with van der Waals surface area (Å²) in [4.78, 5) is 79.8. The summed E-state index contributed by atoms with van der Waals surface area (Å²) in [5.74, 6) is -1.82. The summed E-state index contributed by atoms with van der Waals surface area (Å²) in [6.45, 7) is 3.54. The molecule has 2 aliphatic rings. The van der Waals surface area contributed by atoms with Gasteiger partial charge in [-0.1, -0.05) is 6.07 Å². The van der Waals surface area contributed by atoms with Crippen LogP contribution in [0.1, 0.15) is 45.5 Å². The maximum Gasteiger partial charge on any atom is 0.273 e. The molecule has 2 aliphatic heterocycles. The Bertz CT molecular complexity index is 2230. The number of benzene rings is 2. The van der Waals surface area contributed by atoms with E-state index in [9.17, 15) is 34.0 Å². The van der Waals surface area contributed by atoms with Crippen molar-refractivity contribution in [1.29, 1.82) is 5.26 Å². The van der Waals surface area contributed by atoms with E-state index in [1.54, 1.807) is 36.4 Å². The quantitative estimate of drug-likeness (QED) is 0.0641. The molecular weight excluding hydrogens is 756 g/mol. The maximum atomic E-state index is 13.2. The standard InChI is InChI=1S/C39H42N8O11/c40-23-26-24-43-47-34(50)22-30(44-36(26)47)25-4-6-27(7-5-25)58-15-12-42-32(48)10-13-54-16-18-56-20-21-57-19-17-55-14-11-41-29-3-1-2-28-35(29)39(53)46(38(28)52)31-8-9-33(49)45-37(31)51/h1-7,22,24,31,41,43H,8-21H2,(H,42,48)(H,45,49,51). The fourth-order valence-corrected chi connectivity index (χ4v) is 6.23. The minimum absolute atomic E-state index is 0.0517. The first-order chi connectivity index (χ1) is 28.2. The highest BCUT2D eigenvalue weighted by Crippen LogP contribution is 2.32. The molecule has 0 radical (unpaired) electrons. The van der Waals surface area contributed by atoms with Crippen LogP contribution in [0.15, 0.2) is 59.5 Å². The van der Waals surface area contributed by atoms with Gasteiger partial charge in [-0.25, -0.2) is 9.50 Å². The van der Waals surface area contributed by atoms with Gasteiger partial charge in [0, 0.05) is 42.9 Å². The van der Waals surface area contributed by atoms with E-state index in [0.717, 1.165) is 4.90 Å². The highest BCUT2D eigenvalue weighted by molar-refractivity contribution is 6.25. The summed E-state index contributed by atoms with van der Waals surface area (Å²) in [7, 11) is 0. The van der Waals surface area contributed by atoms with Crippen molar-refractivity contribution in [3.63, 3.8) is 0 Å². The lowest BCUT2D eigenvalue weighted by Gasteiger charge is -2.27. The van der Waals surface area contributed by atoms with E-state index in [4.69, 9.17) is 23.7 Å². The van der Waals surface area contributed by atoms with Gasteiger partial charge in [0.2, 0.25) is 17.7 Å². The van der Waals surface area contributed by atoms with Crippen molar-refractivity contribution in [2.24, 2.45) is 0 Å². The fraction of sp³-hybridized carbons (Fsp3) is 0.385. The predicted octanol–water partition coefficient (Wildman–Crippen LogP) is 1.03. The zero-order valence-electron chi connectivity index (χ0n) is 31.5. The third kappa shape index (κ3) is 10.3. The number of piperidine rings is 1. The summed E-state index contributed by atoms with van der Waals surface area (Å²) >= 11 is 0. The van der Waals surface area contributed by atoms with E-state index in [-0.39, 0.29) is 66.3 Å².